The van der Waals surface area contributed by atoms with Crippen LogP contribution in [0.3, 0.4) is 0 Å². The van der Waals surface area contributed by atoms with E-state index in [1.807, 2.05) is 42.6 Å². The Hall–Kier alpha value is -2.79. The Bertz CT molecular complexity index is 898. The molecular weight excluding hydrogens is 345 g/mol. The van der Waals surface area contributed by atoms with E-state index in [4.69, 9.17) is 14.2 Å². The Labute approximate surface area is 158 Å². The van der Waals surface area contributed by atoms with Crippen molar-refractivity contribution >= 4 is 0 Å². The molecule has 5 heteroatoms. The summed E-state index contributed by atoms with van der Waals surface area (Å²) in [5.41, 5.74) is 3.15. The third-order valence-electron chi connectivity index (χ3n) is 4.74. The van der Waals surface area contributed by atoms with E-state index in [-0.39, 0.29) is 11.9 Å². The van der Waals surface area contributed by atoms with Gasteiger partial charge in [-0.15, -0.1) is 0 Å². The van der Waals surface area contributed by atoms with Crippen LogP contribution in [-0.4, -0.2) is 31.0 Å². The SMILES string of the molecule is COc1ccc(-c2cccn2Cc2ccc(F)cc2)cc1O[C@@H]1CCOC1. The highest BCUT2D eigenvalue weighted by atomic mass is 19.1. The van der Waals surface area contributed by atoms with Crippen LogP contribution in [0.2, 0.25) is 0 Å². The molecule has 0 N–H and O–H groups in total. The van der Waals surface area contributed by atoms with Crippen molar-refractivity contribution in [2.75, 3.05) is 20.3 Å². The maximum Gasteiger partial charge on any atom is 0.162 e. The highest BCUT2D eigenvalue weighted by molar-refractivity contribution is 5.65. The molecule has 27 heavy (non-hydrogen) atoms. The van der Waals surface area contributed by atoms with Gasteiger partial charge in [0.15, 0.2) is 11.5 Å². The number of rotatable bonds is 6. The number of methoxy groups -OCH3 is 1. The van der Waals surface area contributed by atoms with Crippen molar-refractivity contribution in [3.8, 4) is 22.8 Å². The fourth-order valence-corrected chi connectivity index (χ4v) is 3.31. The largest absolute Gasteiger partial charge is 0.493 e. The topological polar surface area (TPSA) is 32.6 Å². The Kier molecular flexibility index (Phi) is 5.12. The molecule has 0 saturated carbocycles. The van der Waals surface area contributed by atoms with Gasteiger partial charge in [-0.1, -0.05) is 12.1 Å². The molecule has 0 bridgehead atoms. The van der Waals surface area contributed by atoms with Gasteiger partial charge in [0.1, 0.15) is 11.9 Å². The van der Waals surface area contributed by atoms with E-state index in [1.54, 1.807) is 7.11 Å². The van der Waals surface area contributed by atoms with Gasteiger partial charge in [0.05, 0.1) is 20.3 Å². The minimum Gasteiger partial charge on any atom is -0.493 e. The van der Waals surface area contributed by atoms with Crippen molar-refractivity contribution in [1.29, 1.82) is 0 Å². The predicted octanol–water partition coefficient (Wildman–Crippen LogP) is 4.52. The number of halogens is 1. The number of hydrogen-bond donors (Lipinski definition) is 0. The Morgan fingerprint density at radius 3 is 2.70 bits per heavy atom. The van der Waals surface area contributed by atoms with Crippen LogP contribution in [0.5, 0.6) is 11.5 Å². The standard InChI is InChI=1S/C22H22FNO3/c1-25-21-9-6-17(13-22(21)27-19-10-12-26-15-19)20-3-2-11-24(20)14-16-4-7-18(23)8-5-16/h2-9,11,13,19H,10,12,14-15H2,1H3/t19-/m1/s1. The Morgan fingerprint density at radius 1 is 1.11 bits per heavy atom. The summed E-state index contributed by atoms with van der Waals surface area (Å²) < 4.78 is 32.3. The lowest BCUT2D eigenvalue weighted by atomic mass is 10.1. The fraction of sp³-hybridized carbons (Fsp3) is 0.273. The van der Waals surface area contributed by atoms with Gasteiger partial charge >= 0.3 is 0 Å². The zero-order chi connectivity index (χ0) is 18.6. The lowest BCUT2D eigenvalue weighted by Gasteiger charge is -2.17. The monoisotopic (exact) mass is 367 g/mol. The Morgan fingerprint density at radius 2 is 1.96 bits per heavy atom. The lowest BCUT2D eigenvalue weighted by molar-refractivity contribution is 0.138. The summed E-state index contributed by atoms with van der Waals surface area (Å²) in [6.07, 6.45) is 2.96. The van der Waals surface area contributed by atoms with Crippen LogP contribution >= 0.6 is 0 Å². The van der Waals surface area contributed by atoms with Crippen molar-refractivity contribution in [2.45, 2.75) is 19.1 Å². The van der Waals surface area contributed by atoms with E-state index >= 15 is 0 Å². The molecular formula is C22H22FNO3. The summed E-state index contributed by atoms with van der Waals surface area (Å²) in [7, 11) is 1.64. The van der Waals surface area contributed by atoms with Gasteiger partial charge in [-0.05, 0) is 48.0 Å². The molecule has 0 radical (unpaired) electrons. The molecule has 0 unspecified atom stereocenters. The van der Waals surface area contributed by atoms with E-state index in [1.165, 1.54) is 12.1 Å². The third kappa shape index (κ3) is 3.98. The normalized spacial score (nSPS) is 16.4. The minimum absolute atomic E-state index is 0.0557. The number of nitrogens with zero attached hydrogens (tertiary/aromatic N) is 1. The van der Waals surface area contributed by atoms with Crippen LogP contribution in [0.1, 0.15) is 12.0 Å². The lowest BCUT2D eigenvalue weighted by Crippen LogP contribution is -2.16. The van der Waals surface area contributed by atoms with E-state index in [0.717, 1.165) is 35.6 Å². The van der Waals surface area contributed by atoms with Crippen molar-refractivity contribution < 1.29 is 18.6 Å². The zero-order valence-electron chi connectivity index (χ0n) is 15.2. The maximum absolute atomic E-state index is 13.2. The van der Waals surface area contributed by atoms with Crippen LogP contribution in [0.25, 0.3) is 11.3 Å². The molecule has 1 saturated heterocycles. The van der Waals surface area contributed by atoms with E-state index < -0.39 is 0 Å². The molecule has 2 aromatic carbocycles. The van der Waals surface area contributed by atoms with Crippen molar-refractivity contribution in [1.82, 2.24) is 4.57 Å². The molecule has 0 aliphatic carbocycles. The molecule has 2 heterocycles. The molecule has 3 aromatic rings. The highest BCUT2D eigenvalue weighted by Crippen LogP contribution is 2.34. The molecule has 140 valence electrons. The number of hydrogen-bond acceptors (Lipinski definition) is 3. The average Bonchev–Trinajstić information content (AvgIpc) is 3.35. The summed E-state index contributed by atoms with van der Waals surface area (Å²) in [6, 6.07) is 16.6. The molecule has 0 spiro atoms. The third-order valence-corrected chi connectivity index (χ3v) is 4.74. The van der Waals surface area contributed by atoms with Crippen molar-refractivity contribution in [3.63, 3.8) is 0 Å². The number of benzene rings is 2. The zero-order valence-corrected chi connectivity index (χ0v) is 15.2. The number of aromatic nitrogens is 1. The molecule has 4 nitrogen and oxygen atoms in total. The first-order valence-corrected chi connectivity index (χ1v) is 9.05. The quantitative estimate of drug-likeness (QED) is 0.642. The molecule has 1 aliphatic rings. The fourth-order valence-electron chi connectivity index (χ4n) is 3.31. The van der Waals surface area contributed by atoms with Crippen molar-refractivity contribution in [3.05, 3.63) is 72.2 Å². The van der Waals surface area contributed by atoms with Crippen molar-refractivity contribution in [2.24, 2.45) is 0 Å². The number of ether oxygens (including phenoxy) is 3. The second kappa shape index (κ2) is 7.84. The maximum atomic E-state index is 13.2. The first kappa shape index (κ1) is 17.6. The summed E-state index contributed by atoms with van der Waals surface area (Å²) in [5, 5.41) is 0. The summed E-state index contributed by atoms with van der Waals surface area (Å²) in [4.78, 5) is 0. The van der Waals surface area contributed by atoms with E-state index in [0.29, 0.717) is 18.9 Å². The summed E-state index contributed by atoms with van der Waals surface area (Å²) in [6.45, 7) is 2.00. The van der Waals surface area contributed by atoms with Crippen LogP contribution in [0.4, 0.5) is 4.39 Å². The molecule has 1 aromatic heterocycles. The second-order valence-corrected chi connectivity index (χ2v) is 6.62. The van der Waals surface area contributed by atoms with E-state index in [9.17, 15) is 4.39 Å². The predicted molar refractivity (Wildman–Crippen MR) is 102 cm³/mol. The molecule has 0 amide bonds. The van der Waals surface area contributed by atoms with Gasteiger partial charge in [-0.3, -0.25) is 0 Å². The van der Waals surface area contributed by atoms with Gasteiger partial charge in [0.2, 0.25) is 0 Å². The van der Waals surface area contributed by atoms with E-state index in [2.05, 4.69) is 10.6 Å². The molecule has 4 rings (SSSR count). The highest BCUT2D eigenvalue weighted by Gasteiger charge is 2.20. The molecule has 1 fully saturated rings. The Balaban J connectivity index is 1.61. The van der Waals surface area contributed by atoms with Gasteiger partial charge in [0, 0.05) is 30.4 Å². The van der Waals surface area contributed by atoms with Gasteiger partial charge in [-0.25, -0.2) is 4.39 Å². The first-order valence-electron chi connectivity index (χ1n) is 9.05. The van der Waals surface area contributed by atoms with Crippen LogP contribution in [0, 0.1) is 5.82 Å². The summed E-state index contributed by atoms with van der Waals surface area (Å²) in [5.74, 6) is 1.21. The van der Waals surface area contributed by atoms with Gasteiger partial charge in [-0.2, -0.15) is 0 Å². The summed E-state index contributed by atoms with van der Waals surface area (Å²) >= 11 is 0. The van der Waals surface area contributed by atoms with Gasteiger partial charge < -0.3 is 18.8 Å². The molecule has 1 atom stereocenters. The van der Waals surface area contributed by atoms with Crippen LogP contribution in [-0.2, 0) is 11.3 Å². The van der Waals surface area contributed by atoms with Gasteiger partial charge in [0.25, 0.3) is 0 Å². The first-order chi connectivity index (χ1) is 13.2. The minimum atomic E-state index is -0.223. The van der Waals surface area contributed by atoms with Crippen LogP contribution < -0.4 is 9.47 Å². The molecule has 1 aliphatic heterocycles. The average molecular weight is 367 g/mol. The second-order valence-electron chi connectivity index (χ2n) is 6.62. The van der Waals surface area contributed by atoms with Crippen LogP contribution in [0.15, 0.2) is 60.8 Å². The smallest absolute Gasteiger partial charge is 0.162 e.